The van der Waals surface area contributed by atoms with Crippen LogP contribution in [0.3, 0.4) is 0 Å². The molecule has 3 unspecified atom stereocenters. The van der Waals surface area contributed by atoms with Crippen LogP contribution in [0.4, 0.5) is 0 Å². The molecule has 2 fully saturated rings. The highest BCUT2D eigenvalue weighted by molar-refractivity contribution is 4.92. The molecule has 0 aromatic rings. The highest BCUT2D eigenvalue weighted by atomic mass is 16.3. The molecule has 1 saturated carbocycles. The number of aliphatic hydroxyl groups is 1. The first-order chi connectivity index (χ1) is 6.99. The summed E-state index contributed by atoms with van der Waals surface area (Å²) in [5.74, 6) is 1.38. The topological polar surface area (TPSA) is 23.5 Å². The van der Waals surface area contributed by atoms with E-state index < -0.39 is 0 Å². The number of hydrogen-bond acceptors (Lipinski definition) is 2. The minimum Gasteiger partial charge on any atom is -0.392 e. The Bertz CT molecular complexity index is 227. The van der Waals surface area contributed by atoms with Crippen LogP contribution in [0, 0.1) is 17.3 Å². The SMILES string of the molecule is CC1CCN(CC2CCC(C)(C)C2O)C1. The number of nitrogens with zero attached hydrogens (tertiary/aromatic N) is 1. The Balaban J connectivity index is 1.86. The van der Waals surface area contributed by atoms with Gasteiger partial charge in [-0.1, -0.05) is 20.8 Å². The molecule has 0 aromatic heterocycles. The van der Waals surface area contributed by atoms with Gasteiger partial charge in [0.05, 0.1) is 6.10 Å². The first kappa shape index (κ1) is 11.4. The molecule has 2 aliphatic rings. The van der Waals surface area contributed by atoms with Crippen molar-refractivity contribution in [3.63, 3.8) is 0 Å². The van der Waals surface area contributed by atoms with E-state index in [1.165, 1.54) is 32.4 Å². The fourth-order valence-electron chi connectivity index (χ4n) is 3.22. The van der Waals surface area contributed by atoms with Crippen molar-refractivity contribution in [3.05, 3.63) is 0 Å². The van der Waals surface area contributed by atoms with E-state index in [0.29, 0.717) is 5.92 Å². The summed E-state index contributed by atoms with van der Waals surface area (Å²) >= 11 is 0. The maximum Gasteiger partial charge on any atom is 0.0631 e. The molecular formula is C13H25NO. The summed E-state index contributed by atoms with van der Waals surface area (Å²) in [5.41, 5.74) is 0.149. The highest BCUT2D eigenvalue weighted by Crippen LogP contribution is 2.41. The minimum atomic E-state index is -0.0894. The molecule has 0 bridgehead atoms. The summed E-state index contributed by atoms with van der Waals surface area (Å²) in [4.78, 5) is 2.54. The van der Waals surface area contributed by atoms with Crippen molar-refractivity contribution in [1.29, 1.82) is 0 Å². The van der Waals surface area contributed by atoms with E-state index in [0.717, 1.165) is 12.5 Å². The molecule has 3 atom stereocenters. The minimum absolute atomic E-state index is 0.0894. The lowest BCUT2D eigenvalue weighted by Crippen LogP contribution is -2.35. The Morgan fingerprint density at radius 3 is 2.53 bits per heavy atom. The van der Waals surface area contributed by atoms with Crippen molar-refractivity contribution in [2.45, 2.75) is 46.1 Å². The summed E-state index contributed by atoms with van der Waals surface area (Å²) in [7, 11) is 0. The standard InChI is InChI=1S/C13H25NO/c1-10-5-7-14(8-10)9-11-4-6-13(2,3)12(11)15/h10-12,15H,4-9H2,1-3H3. The van der Waals surface area contributed by atoms with Gasteiger partial charge in [0.1, 0.15) is 0 Å². The average molecular weight is 211 g/mol. The van der Waals surface area contributed by atoms with Gasteiger partial charge in [0.2, 0.25) is 0 Å². The summed E-state index contributed by atoms with van der Waals surface area (Å²) in [6.07, 6.45) is 3.64. The van der Waals surface area contributed by atoms with E-state index >= 15 is 0 Å². The van der Waals surface area contributed by atoms with Crippen LogP contribution in [0.15, 0.2) is 0 Å². The van der Waals surface area contributed by atoms with Crippen molar-refractivity contribution in [3.8, 4) is 0 Å². The summed E-state index contributed by atoms with van der Waals surface area (Å²) in [6.45, 7) is 10.3. The third-order valence-electron chi connectivity index (χ3n) is 4.41. The molecule has 0 amide bonds. The van der Waals surface area contributed by atoms with Crippen LogP contribution < -0.4 is 0 Å². The van der Waals surface area contributed by atoms with Crippen molar-refractivity contribution in [2.75, 3.05) is 19.6 Å². The van der Waals surface area contributed by atoms with E-state index in [1.54, 1.807) is 0 Å². The zero-order valence-corrected chi connectivity index (χ0v) is 10.4. The van der Waals surface area contributed by atoms with Crippen LogP contribution in [-0.2, 0) is 0 Å². The third-order valence-corrected chi connectivity index (χ3v) is 4.41. The van der Waals surface area contributed by atoms with Gasteiger partial charge in [-0.2, -0.15) is 0 Å². The molecule has 15 heavy (non-hydrogen) atoms. The first-order valence-corrected chi connectivity index (χ1v) is 6.39. The van der Waals surface area contributed by atoms with E-state index in [1.807, 2.05) is 0 Å². The molecule has 1 aliphatic heterocycles. The quantitative estimate of drug-likeness (QED) is 0.756. The Labute approximate surface area is 93.7 Å². The zero-order valence-electron chi connectivity index (χ0n) is 10.4. The summed E-state index contributed by atoms with van der Waals surface area (Å²) in [5, 5.41) is 10.2. The van der Waals surface area contributed by atoms with Crippen LogP contribution in [0.1, 0.15) is 40.0 Å². The number of hydrogen-bond donors (Lipinski definition) is 1. The van der Waals surface area contributed by atoms with Gasteiger partial charge in [0, 0.05) is 13.1 Å². The maximum atomic E-state index is 10.2. The lowest BCUT2D eigenvalue weighted by molar-refractivity contribution is 0.0350. The molecule has 0 radical (unpaired) electrons. The highest BCUT2D eigenvalue weighted by Gasteiger charge is 2.41. The average Bonchev–Trinajstić information content (AvgIpc) is 2.66. The lowest BCUT2D eigenvalue weighted by Gasteiger charge is -2.28. The second kappa shape index (κ2) is 4.06. The Kier molecular flexibility index (Phi) is 3.09. The molecule has 2 nitrogen and oxygen atoms in total. The number of rotatable bonds is 2. The molecule has 1 heterocycles. The Morgan fingerprint density at radius 1 is 1.33 bits per heavy atom. The molecule has 2 heteroatoms. The zero-order chi connectivity index (χ0) is 11.1. The summed E-state index contributed by atoms with van der Waals surface area (Å²) < 4.78 is 0. The van der Waals surface area contributed by atoms with Gasteiger partial charge in [-0.3, -0.25) is 0 Å². The lowest BCUT2D eigenvalue weighted by atomic mass is 9.87. The van der Waals surface area contributed by atoms with Crippen molar-refractivity contribution < 1.29 is 5.11 Å². The molecule has 2 rings (SSSR count). The molecule has 88 valence electrons. The largest absolute Gasteiger partial charge is 0.392 e. The van der Waals surface area contributed by atoms with Gasteiger partial charge in [-0.15, -0.1) is 0 Å². The van der Waals surface area contributed by atoms with Crippen molar-refractivity contribution in [1.82, 2.24) is 4.90 Å². The van der Waals surface area contributed by atoms with Crippen LogP contribution >= 0.6 is 0 Å². The van der Waals surface area contributed by atoms with Crippen LogP contribution in [0.5, 0.6) is 0 Å². The molecular weight excluding hydrogens is 186 g/mol. The fourth-order valence-corrected chi connectivity index (χ4v) is 3.22. The van der Waals surface area contributed by atoms with Crippen LogP contribution in [0.25, 0.3) is 0 Å². The normalized spacial score (nSPS) is 41.2. The maximum absolute atomic E-state index is 10.2. The molecule has 1 saturated heterocycles. The second-order valence-corrected chi connectivity index (χ2v) is 6.39. The number of likely N-dealkylation sites (tertiary alicyclic amines) is 1. The smallest absolute Gasteiger partial charge is 0.0631 e. The van der Waals surface area contributed by atoms with E-state index in [9.17, 15) is 5.11 Å². The van der Waals surface area contributed by atoms with Crippen molar-refractivity contribution >= 4 is 0 Å². The fraction of sp³-hybridized carbons (Fsp3) is 1.00. The van der Waals surface area contributed by atoms with Gasteiger partial charge < -0.3 is 10.0 Å². The van der Waals surface area contributed by atoms with E-state index in [2.05, 4.69) is 25.7 Å². The van der Waals surface area contributed by atoms with Gasteiger partial charge in [-0.25, -0.2) is 0 Å². The van der Waals surface area contributed by atoms with Gasteiger partial charge >= 0.3 is 0 Å². The van der Waals surface area contributed by atoms with Crippen molar-refractivity contribution in [2.24, 2.45) is 17.3 Å². The predicted molar refractivity (Wildman–Crippen MR) is 62.7 cm³/mol. The van der Waals surface area contributed by atoms with Gasteiger partial charge in [-0.05, 0) is 43.1 Å². The van der Waals surface area contributed by atoms with Gasteiger partial charge in [0.15, 0.2) is 0 Å². The van der Waals surface area contributed by atoms with Gasteiger partial charge in [0.25, 0.3) is 0 Å². The molecule has 1 N–H and O–H groups in total. The number of aliphatic hydroxyl groups excluding tert-OH is 1. The third kappa shape index (κ3) is 2.36. The van der Waals surface area contributed by atoms with E-state index in [4.69, 9.17) is 0 Å². The second-order valence-electron chi connectivity index (χ2n) is 6.39. The van der Waals surface area contributed by atoms with Crippen LogP contribution in [-0.4, -0.2) is 35.7 Å². The molecule has 1 aliphatic carbocycles. The van der Waals surface area contributed by atoms with Crippen LogP contribution in [0.2, 0.25) is 0 Å². The first-order valence-electron chi connectivity index (χ1n) is 6.39. The van der Waals surface area contributed by atoms with E-state index in [-0.39, 0.29) is 11.5 Å². The summed E-state index contributed by atoms with van der Waals surface area (Å²) in [6, 6.07) is 0. The monoisotopic (exact) mass is 211 g/mol. The Hall–Kier alpha value is -0.0800. The Morgan fingerprint density at radius 2 is 2.07 bits per heavy atom. The predicted octanol–water partition coefficient (Wildman–Crippen LogP) is 2.13. The molecule has 0 aromatic carbocycles. The molecule has 0 spiro atoms.